The molecular weight excluding hydrogens is 348 g/mol. The highest BCUT2D eigenvalue weighted by molar-refractivity contribution is 5.65. The van der Waals surface area contributed by atoms with Gasteiger partial charge < -0.3 is 19.5 Å². The summed E-state index contributed by atoms with van der Waals surface area (Å²) in [4.78, 5) is 11.1. The molecule has 11 heteroatoms. The first kappa shape index (κ1) is 18.0. The third kappa shape index (κ3) is 4.15. The van der Waals surface area contributed by atoms with Crippen molar-refractivity contribution < 1.29 is 45.7 Å². The second-order valence-corrected chi connectivity index (χ2v) is 4.99. The number of nitrogens with zero attached hydrogens (tertiary/aromatic N) is 1. The lowest BCUT2D eigenvalue weighted by Gasteiger charge is -2.28. The summed E-state index contributed by atoms with van der Waals surface area (Å²) in [6.07, 6.45) is -13.1. The zero-order valence-corrected chi connectivity index (χ0v) is 11.8. The second kappa shape index (κ2) is 6.29. The van der Waals surface area contributed by atoms with Gasteiger partial charge in [-0.05, 0) is 17.7 Å². The van der Waals surface area contributed by atoms with Crippen molar-refractivity contribution in [3.8, 4) is 11.5 Å². The molecule has 0 saturated heterocycles. The zero-order chi connectivity index (χ0) is 18.1. The van der Waals surface area contributed by atoms with Gasteiger partial charge in [-0.15, -0.1) is 0 Å². The number of halogens is 6. The quantitative estimate of drug-likeness (QED) is 0.834. The molecule has 24 heavy (non-hydrogen) atoms. The van der Waals surface area contributed by atoms with Crippen molar-refractivity contribution >= 4 is 6.09 Å². The summed E-state index contributed by atoms with van der Waals surface area (Å²) in [6, 6.07) is 4.02. The molecule has 0 aromatic heterocycles. The third-order valence-electron chi connectivity index (χ3n) is 3.27. The van der Waals surface area contributed by atoms with Crippen LogP contribution in [-0.4, -0.2) is 41.8 Å². The van der Waals surface area contributed by atoms with Crippen molar-refractivity contribution in [2.75, 3.05) is 13.3 Å². The average molecular weight is 359 g/mol. The van der Waals surface area contributed by atoms with E-state index in [1.165, 1.54) is 18.2 Å². The smallest absolute Gasteiger partial charge is 0.407 e. The molecule has 0 unspecified atom stereocenters. The topological polar surface area (TPSA) is 59.0 Å². The Morgan fingerprint density at radius 2 is 1.71 bits per heavy atom. The summed E-state index contributed by atoms with van der Waals surface area (Å²) in [7, 11) is 0. The SMILES string of the molecule is O=C(O)N(Cc1ccc2c(c1)OCO2)CC(C(F)(F)F)C(F)(F)F. The Labute approximate surface area is 131 Å². The number of carboxylic acid groups (broad SMARTS) is 1. The van der Waals surface area contributed by atoms with Crippen molar-refractivity contribution in [2.24, 2.45) is 5.92 Å². The molecule has 0 spiro atoms. The average Bonchev–Trinajstić information content (AvgIpc) is 2.87. The molecular formula is C13H11F6NO4. The fourth-order valence-electron chi connectivity index (χ4n) is 2.08. The van der Waals surface area contributed by atoms with Gasteiger partial charge in [0.05, 0.1) is 0 Å². The molecule has 0 radical (unpaired) electrons. The van der Waals surface area contributed by atoms with Gasteiger partial charge in [0.1, 0.15) is 0 Å². The molecule has 5 nitrogen and oxygen atoms in total. The normalized spacial score (nSPS) is 14.1. The lowest BCUT2D eigenvalue weighted by molar-refractivity contribution is -0.286. The Balaban J connectivity index is 2.18. The standard InChI is InChI=1S/C13H11F6NO4/c14-12(15,16)10(13(17,18)19)5-20(11(21)22)4-7-1-2-8-9(3-7)24-6-23-8/h1-3,10H,4-6H2,(H,21,22). The third-order valence-corrected chi connectivity index (χ3v) is 3.27. The van der Waals surface area contributed by atoms with Crippen LogP contribution in [0.15, 0.2) is 18.2 Å². The van der Waals surface area contributed by atoms with Crippen LogP contribution in [0.25, 0.3) is 0 Å². The fraction of sp³-hybridized carbons (Fsp3) is 0.462. The van der Waals surface area contributed by atoms with Crippen LogP contribution in [0, 0.1) is 5.92 Å². The van der Waals surface area contributed by atoms with Crippen molar-refractivity contribution in [3.05, 3.63) is 23.8 Å². The first-order valence-corrected chi connectivity index (χ1v) is 6.48. The van der Waals surface area contributed by atoms with E-state index in [1.807, 2.05) is 0 Å². The summed E-state index contributed by atoms with van der Waals surface area (Å²) >= 11 is 0. The number of hydrogen-bond acceptors (Lipinski definition) is 3. The molecule has 1 aromatic rings. The highest BCUT2D eigenvalue weighted by atomic mass is 19.4. The minimum atomic E-state index is -5.61. The Morgan fingerprint density at radius 3 is 2.25 bits per heavy atom. The van der Waals surface area contributed by atoms with E-state index < -0.39 is 37.5 Å². The first-order valence-electron chi connectivity index (χ1n) is 6.48. The summed E-state index contributed by atoms with van der Waals surface area (Å²) in [5.74, 6) is -3.18. The van der Waals surface area contributed by atoms with Crippen molar-refractivity contribution in [1.29, 1.82) is 0 Å². The number of ether oxygens (including phenoxy) is 2. The van der Waals surface area contributed by atoms with E-state index in [0.717, 1.165) is 0 Å². The lowest BCUT2D eigenvalue weighted by atomic mass is 10.1. The number of hydrogen-bond donors (Lipinski definition) is 1. The molecule has 1 aromatic carbocycles. The van der Waals surface area contributed by atoms with E-state index in [4.69, 9.17) is 14.6 Å². The fourth-order valence-corrected chi connectivity index (χ4v) is 2.08. The number of carbonyl (C=O) groups is 1. The van der Waals surface area contributed by atoms with E-state index in [-0.39, 0.29) is 23.0 Å². The number of amides is 1. The van der Waals surface area contributed by atoms with Gasteiger partial charge in [-0.25, -0.2) is 4.79 Å². The van der Waals surface area contributed by atoms with Gasteiger partial charge in [0.15, 0.2) is 17.4 Å². The van der Waals surface area contributed by atoms with Gasteiger partial charge in [-0.1, -0.05) is 6.07 Å². The van der Waals surface area contributed by atoms with Crippen molar-refractivity contribution in [3.63, 3.8) is 0 Å². The first-order chi connectivity index (χ1) is 11.0. The van der Waals surface area contributed by atoms with Crippen LogP contribution in [0.3, 0.4) is 0 Å². The van der Waals surface area contributed by atoms with Gasteiger partial charge in [0.2, 0.25) is 6.79 Å². The predicted molar refractivity (Wildman–Crippen MR) is 66.6 cm³/mol. The maximum absolute atomic E-state index is 12.6. The molecule has 0 fully saturated rings. The highest BCUT2D eigenvalue weighted by Crippen LogP contribution is 2.40. The van der Waals surface area contributed by atoms with E-state index in [2.05, 4.69) is 0 Å². The van der Waals surface area contributed by atoms with Crippen molar-refractivity contribution in [2.45, 2.75) is 18.9 Å². The summed E-state index contributed by atoms with van der Waals surface area (Å²) in [5.41, 5.74) is 0.171. The van der Waals surface area contributed by atoms with Crippen LogP contribution >= 0.6 is 0 Å². The van der Waals surface area contributed by atoms with Crippen molar-refractivity contribution in [1.82, 2.24) is 4.90 Å². The van der Waals surface area contributed by atoms with E-state index in [1.54, 1.807) is 0 Å². The van der Waals surface area contributed by atoms with Crippen LogP contribution in [-0.2, 0) is 6.54 Å². The highest BCUT2D eigenvalue weighted by Gasteiger charge is 2.57. The van der Waals surface area contributed by atoms with Crippen LogP contribution < -0.4 is 9.47 Å². The van der Waals surface area contributed by atoms with Gasteiger partial charge in [-0.3, -0.25) is 0 Å². The monoisotopic (exact) mass is 359 g/mol. The molecule has 0 atom stereocenters. The van der Waals surface area contributed by atoms with Crippen LogP contribution in [0.2, 0.25) is 0 Å². The maximum Gasteiger partial charge on any atom is 0.407 e. The Hall–Kier alpha value is -2.33. The molecule has 1 aliphatic heterocycles. The predicted octanol–water partition coefficient (Wildman–Crippen LogP) is 3.64. The maximum atomic E-state index is 12.6. The Bertz CT molecular complexity index is 601. The zero-order valence-electron chi connectivity index (χ0n) is 11.8. The van der Waals surface area contributed by atoms with Gasteiger partial charge >= 0.3 is 18.4 Å². The number of alkyl halides is 6. The van der Waals surface area contributed by atoms with Gasteiger partial charge in [0.25, 0.3) is 0 Å². The largest absolute Gasteiger partial charge is 0.465 e. The van der Waals surface area contributed by atoms with Crippen LogP contribution in [0.1, 0.15) is 5.56 Å². The van der Waals surface area contributed by atoms with E-state index in [9.17, 15) is 31.1 Å². The van der Waals surface area contributed by atoms with Gasteiger partial charge in [-0.2, -0.15) is 26.3 Å². The Morgan fingerprint density at radius 1 is 1.12 bits per heavy atom. The number of fused-ring (bicyclic) bond motifs is 1. The second-order valence-electron chi connectivity index (χ2n) is 4.99. The summed E-state index contributed by atoms with van der Waals surface area (Å²) < 4.78 is 85.5. The minimum Gasteiger partial charge on any atom is -0.465 e. The van der Waals surface area contributed by atoms with Gasteiger partial charge in [0, 0.05) is 13.1 Å². The van der Waals surface area contributed by atoms with E-state index in [0.29, 0.717) is 5.75 Å². The summed E-state index contributed by atoms with van der Waals surface area (Å²) in [5, 5.41) is 8.94. The molecule has 1 N–H and O–H groups in total. The minimum absolute atomic E-state index is 0.0587. The molecule has 0 saturated carbocycles. The number of benzene rings is 1. The van der Waals surface area contributed by atoms with Crippen LogP contribution in [0.5, 0.6) is 11.5 Å². The molecule has 1 amide bonds. The molecule has 2 rings (SSSR count). The molecule has 134 valence electrons. The Kier molecular flexibility index (Phi) is 4.72. The summed E-state index contributed by atoms with van der Waals surface area (Å²) in [6.45, 7) is -2.49. The van der Waals surface area contributed by atoms with Crippen LogP contribution in [0.4, 0.5) is 31.1 Å². The molecule has 0 aliphatic carbocycles. The van der Waals surface area contributed by atoms with E-state index >= 15 is 0 Å². The molecule has 1 aliphatic rings. The molecule has 1 heterocycles. The lowest BCUT2D eigenvalue weighted by Crippen LogP contribution is -2.46. The number of rotatable bonds is 4. The molecule has 0 bridgehead atoms.